The molecule has 1 atom stereocenters. The lowest BCUT2D eigenvalue weighted by Crippen LogP contribution is -2.39. The Morgan fingerprint density at radius 2 is 1.67 bits per heavy atom. The molecule has 8 heteroatoms. The Morgan fingerprint density at radius 1 is 1.00 bits per heavy atom. The van der Waals surface area contributed by atoms with Gasteiger partial charge in [0.15, 0.2) is 0 Å². The molecule has 0 aliphatic carbocycles. The van der Waals surface area contributed by atoms with E-state index in [1.54, 1.807) is 36.8 Å². The van der Waals surface area contributed by atoms with E-state index in [1.165, 1.54) is 4.57 Å². The van der Waals surface area contributed by atoms with Gasteiger partial charge >= 0.3 is 5.69 Å². The van der Waals surface area contributed by atoms with Crippen LogP contribution in [-0.4, -0.2) is 28.8 Å². The summed E-state index contributed by atoms with van der Waals surface area (Å²) in [7, 11) is 1.62. The second kappa shape index (κ2) is 10.8. The number of aryl methyl sites for hydroxylation is 1. The van der Waals surface area contributed by atoms with E-state index in [2.05, 4.69) is 5.32 Å². The van der Waals surface area contributed by atoms with Crippen LogP contribution in [0.25, 0.3) is 10.9 Å². The van der Waals surface area contributed by atoms with Crippen LogP contribution in [0.3, 0.4) is 0 Å². The monoisotopic (exact) mass is 453 g/mol. The topological polar surface area (TPSA) is 91.6 Å². The molecular formula is C25H31N3O5. The number of hydrogen-bond acceptors (Lipinski definition) is 5. The van der Waals surface area contributed by atoms with Gasteiger partial charge in [0.1, 0.15) is 11.5 Å². The molecule has 2 aromatic carbocycles. The van der Waals surface area contributed by atoms with Crippen LogP contribution in [-0.2, 0) is 17.9 Å². The third-order valence-electron chi connectivity index (χ3n) is 5.61. The van der Waals surface area contributed by atoms with E-state index in [-0.39, 0.29) is 23.1 Å². The number of fused-ring (bicyclic) bond motifs is 1. The standard InChI is InChI=1S/C25H31N3O5/c1-5-27-22-12-7-18(16-21(22)24(30)28(6-2)25(27)31)26-23(29)15-17(3)13-14-33-20-10-8-19(32-4)9-11-20/h7-12,16-17H,5-6,13-15H2,1-4H3,(H,26,29). The maximum atomic E-state index is 12.8. The summed E-state index contributed by atoms with van der Waals surface area (Å²) >= 11 is 0. The molecule has 0 spiro atoms. The third-order valence-corrected chi connectivity index (χ3v) is 5.61. The van der Waals surface area contributed by atoms with Crippen molar-refractivity contribution in [3.05, 3.63) is 63.3 Å². The zero-order valence-electron chi connectivity index (χ0n) is 19.6. The van der Waals surface area contributed by atoms with Gasteiger partial charge in [0.05, 0.1) is 24.6 Å². The highest BCUT2D eigenvalue weighted by atomic mass is 16.5. The van der Waals surface area contributed by atoms with Crippen molar-refractivity contribution in [1.29, 1.82) is 0 Å². The number of ether oxygens (including phenoxy) is 2. The van der Waals surface area contributed by atoms with Crippen LogP contribution in [0.15, 0.2) is 52.1 Å². The Hall–Kier alpha value is -3.55. The average molecular weight is 454 g/mol. The van der Waals surface area contributed by atoms with Gasteiger partial charge in [0.2, 0.25) is 5.91 Å². The van der Waals surface area contributed by atoms with Crippen molar-refractivity contribution < 1.29 is 14.3 Å². The molecule has 1 aromatic heterocycles. The minimum absolute atomic E-state index is 0.117. The zero-order valence-corrected chi connectivity index (χ0v) is 19.6. The molecule has 1 heterocycles. The van der Waals surface area contributed by atoms with Crippen molar-refractivity contribution in [3.63, 3.8) is 0 Å². The molecule has 0 aliphatic heterocycles. The largest absolute Gasteiger partial charge is 0.497 e. The summed E-state index contributed by atoms with van der Waals surface area (Å²) in [5.41, 5.74) is 0.441. The van der Waals surface area contributed by atoms with Crippen molar-refractivity contribution >= 4 is 22.5 Å². The van der Waals surface area contributed by atoms with E-state index < -0.39 is 0 Å². The summed E-state index contributed by atoms with van der Waals surface area (Å²) in [6, 6.07) is 12.4. The Labute approximate surface area is 192 Å². The predicted octanol–water partition coefficient (Wildman–Crippen LogP) is 3.65. The molecule has 0 aliphatic rings. The lowest BCUT2D eigenvalue weighted by molar-refractivity contribution is -0.117. The average Bonchev–Trinajstić information content (AvgIpc) is 2.80. The first-order chi connectivity index (χ1) is 15.9. The first kappa shape index (κ1) is 24.1. The maximum Gasteiger partial charge on any atom is 0.331 e. The van der Waals surface area contributed by atoms with Gasteiger partial charge in [-0.2, -0.15) is 0 Å². The van der Waals surface area contributed by atoms with E-state index in [0.717, 1.165) is 17.9 Å². The van der Waals surface area contributed by atoms with Gasteiger partial charge < -0.3 is 14.8 Å². The highest BCUT2D eigenvalue weighted by Crippen LogP contribution is 2.19. The molecule has 3 aromatic rings. The van der Waals surface area contributed by atoms with Gasteiger partial charge in [-0.1, -0.05) is 6.92 Å². The van der Waals surface area contributed by atoms with Crippen molar-refractivity contribution in [2.75, 3.05) is 19.0 Å². The molecule has 0 bridgehead atoms. The van der Waals surface area contributed by atoms with E-state index in [0.29, 0.717) is 42.7 Å². The van der Waals surface area contributed by atoms with Crippen LogP contribution in [0.5, 0.6) is 11.5 Å². The molecule has 33 heavy (non-hydrogen) atoms. The summed E-state index contributed by atoms with van der Waals surface area (Å²) in [6.07, 6.45) is 1.05. The highest BCUT2D eigenvalue weighted by molar-refractivity contribution is 5.93. The number of carbonyl (C=O) groups excluding carboxylic acids is 1. The molecule has 1 N–H and O–H groups in total. The normalized spacial score (nSPS) is 11.9. The van der Waals surface area contributed by atoms with E-state index in [4.69, 9.17) is 9.47 Å². The smallest absolute Gasteiger partial charge is 0.331 e. The van der Waals surface area contributed by atoms with E-state index in [9.17, 15) is 14.4 Å². The minimum atomic E-state index is -0.345. The summed E-state index contributed by atoms with van der Waals surface area (Å²) in [5.74, 6) is 1.51. The highest BCUT2D eigenvalue weighted by Gasteiger charge is 2.14. The number of anilines is 1. The fourth-order valence-electron chi connectivity index (χ4n) is 3.77. The van der Waals surface area contributed by atoms with Gasteiger partial charge in [-0.05, 0) is 68.7 Å². The van der Waals surface area contributed by atoms with Crippen molar-refractivity contribution in [2.45, 2.75) is 46.7 Å². The summed E-state index contributed by atoms with van der Waals surface area (Å²) < 4.78 is 13.6. The summed E-state index contributed by atoms with van der Waals surface area (Å²) in [5, 5.41) is 3.29. The molecular weight excluding hydrogens is 422 g/mol. The predicted molar refractivity (Wildman–Crippen MR) is 129 cm³/mol. The number of benzene rings is 2. The second-order valence-corrected chi connectivity index (χ2v) is 7.98. The van der Waals surface area contributed by atoms with Gasteiger partial charge in [0, 0.05) is 25.2 Å². The molecule has 1 unspecified atom stereocenters. The SMILES string of the molecule is CCn1c(=O)c2cc(NC(=O)CC(C)CCOc3ccc(OC)cc3)ccc2n(CC)c1=O. The molecule has 1 amide bonds. The fourth-order valence-corrected chi connectivity index (χ4v) is 3.77. The van der Waals surface area contributed by atoms with E-state index in [1.807, 2.05) is 38.1 Å². The number of nitrogens with zero attached hydrogens (tertiary/aromatic N) is 2. The van der Waals surface area contributed by atoms with Crippen LogP contribution in [0.4, 0.5) is 5.69 Å². The van der Waals surface area contributed by atoms with Crippen LogP contribution in [0.1, 0.15) is 33.6 Å². The Bertz CT molecular complexity index is 1230. The number of amides is 1. The van der Waals surface area contributed by atoms with Crippen LogP contribution in [0.2, 0.25) is 0 Å². The number of nitrogens with one attached hydrogen (secondary N) is 1. The third kappa shape index (κ3) is 5.63. The Kier molecular flexibility index (Phi) is 7.92. The quantitative estimate of drug-likeness (QED) is 0.506. The number of carbonyl (C=O) groups is 1. The van der Waals surface area contributed by atoms with Gasteiger partial charge in [-0.15, -0.1) is 0 Å². The Balaban J connectivity index is 1.61. The number of rotatable bonds is 10. The van der Waals surface area contributed by atoms with Gasteiger partial charge in [-0.3, -0.25) is 18.7 Å². The maximum absolute atomic E-state index is 12.8. The first-order valence-corrected chi connectivity index (χ1v) is 11.2. The lowest BCUT2D eigenvalue weighted by Gasteiger charge is -2.14. The second-order valence-electron chi connectivity index (χ2n) is 7.98. The molecule has 8 nitrogen and oxygen atoms in total. The summed E-state index contributed by atoms with van der Waals surface area (Å²) in [4.78, 5) is 37.8. The number of methoxy groups -OCH3 is 1. The molecule has 0 radical (unpaired) electrons. The van der Waals surface area contributed by atoms with Crippen LogP contribution in [0, 0.1) is 5.92 Å². The molecule has 176 valence electrons. The zero-order chi connectivity index (χ0) is 24.0. The molecule has 0 saturated heterocycles. The lowest BCUT2D eigenvalue weighted by atomic mass is 10.0. The van der Waals surface area contributed by atoms with Crippen LogP contribution >= 0.6 is 0 Å². The molecule has 0 saturated carbocycles. The van der Waals surface area contributed by atoms with Crippen molar-refractivity contribution in [3.8, 4) is 11.5 Å². The van der Waals surface area contributed by atoms with Crippen molar-refractivity contribution in [1.82, 2.24) is 9.13 Å². The molecule has 0 fully saturated rings. The fraction of sp³-hybridized carbons (Fsp3) is 0.400. The van der Waals surface area contributed by atoms with Gasteiger partial charge in [0.25, 0.3) is 5.56 Å². The van der Waals surface area contributed by atoms with Crippen molar-refractivity contribution in [2.24, 2.45) is 5.92 Å². The summed E-state index contributed by atoms with van der Waals surface area (Å²) in [6.45, 7) is 6.87. The minimum Gasteiger partial charge on any atom is -0.497 e. The Morgan fingerprint density at radius 3 is 2.30 bits per heavy atom. The molecule has 3 rings (SSSR count). The van der Waals surface area contributed by atoms with E-state index >= 15 is 0 Å². The van der Waals surface area contributed by atoms with Gasteiger partial charge in [-0.25, -0.2) is 4.79 Å². The number of aromatic nitrogens is 2. The number of hydrogen-bond donors (Lipinski definition) is 1. The first-order valence-electron chi connectivity index (χ1n) is 11.2. The van der Waals surface area contributed by atoms with Crippen LogP contribution < -0.4 is 26.0 Å².